The lowest BCUT2D eigenvalue weighted by Gasteiger charge is -2.20. The molecular formula is C17H24. The van der Waals surface area contributed by atoms with Gasteiger partial charge in [-0.2, -0.15) is 0 Å². The van der Waals surface area contributed by atoms with Crippen LogP contribution in [0.5, 0.6) is 0 Å². The molecule has 0 nitrogen and oxygen atoms in total. The van der Waals surface area contributed by atoms with Crippen LogP contribution in [0.4, 0.5) is 0 Å². The maximum absolute atomic E-state index is 5.49. The van der Waals surface area contributed by atoms with E-state index in [1.807, 2.05) is 0 Å². The van der Waals surface area contributed by atoms with Gasteiger partial charge in [0.15, 0.2) is 0 Å². The summed E-state index contributed by atoms with van der Waals surface area (Å²) in [5, 5.41) is 0. The largest absolute Gasteiger partial charge is 0.119 e. The first-order valence-electron chi connectivity index (χ1n) is 6.57. The number of hydrogen-bond donors (Lipinski definition) is 0. The average Bonchev–Trinajstić information content (AvgIpc) is 2.35. The molecule has 0 saturated heterocycles. The molecule has 17 heavy (non-hydrogen) atoms. The number of hydrogen-bond acceptors (Lipinski definition) is 0. The molecule has 0 radical (unpaired) electrons. The van der Waals surface area contributed by atoms with E-state index in [0.717, 1.165) is 5.92 Å². The van der Waals surface area contributed by atoms with Gasteiger partial charge in [-0.1, -0.05) is 51.3 Å². The zero-order valence-corrected chi connectivity index (χ0v) is 11.7. The molecule has 0 spiro atoms. The summed E-state index contributed by atoms with van der Waals surface area (Å²) >= 11 is 0. The molecule has 0 aliphatic rings. The summed E-state index contributed by atoms with van der Waals surface area (Å²) in [6.07, 6.45) is 6.72. The molecule has 0 aliphatic heterocycles. The third-order valence-electron chi connectivity index (χ3n) is 4.03. The minimum absolute atomic E-state index is 0.211. The molecule has 0 aliphatic carbocycles. The van der Waals surface area contributed by atoms with Crippen molar-refractivity contribution in [2.24, 2.45) is 5.92 Å². The van der Waals surface area contributed by atoms with Crippen molar-refractivity contribution in [3.8, 4) is 12.3 Å². The van der Waals surface area contributed by atoms with Crippen LogP contribution in [0.25, 0.3) is 0 Å². The highest BCUT2D eigenvalue weighted by molar-refractivity contribution is 5.37. The molecule has 0 heteroatoms. The van der Waals surface area contributed by atoms with Crippen LogP contribution in [0.2, 0.25) is 0 Å². The Labute approximate surface area is 106 Å². The molecule has 0 bridgehead atoms. The van der Waals surface area contributed by atoms with E-state index in [9.17, 15) is 0 Å². The third-order valence-corrected chi connectivity index (χ3v) is 4.03. The fourth-order valence-corrected chi connectivity index (χ4v) is 2.24. The summed E-state index contributed by atoms with van der Waals surface area (Å²) in [5.41, 5.74) is 4.04. The van der Waals surface area contributed by atoms with Crippen LogP contribution in [0.15, 0.2) is 18.2 Å². The predicted molar refractivity (Wildman–Crippen MR) is 76.3 cm³/mol. The molecule has 1 aromatic rings. The highest BCUT2D eigenvalue weighted by Crippen LogP contribution is 2.29. The molecule has 3 atom stereocenters. The molecule has 3 unspecified atom stereocenters. The maximum atomic E-state index is 5.49. The van der Waals surface area contributed by atoms with Gasteiger partial charge in [0.25, 0.3) is 0 Å². The Bertz CT molecular complexity index is 409. The van der Waals surface area contributed by atoms with Gasteiger partial charge in [-0.15, -0.1) is 6.42 Å². The van der Waals surface area contributed by atoms with E-state index in [2.05, 4.69) is 58.7 Å². The van der Waals surface area contributed by atoms with Crippen molar-refractivity contribution in [2.75, 3.05) is 0 Å². The molecule has 92 valence electrons. The van der Waals surface area contributed by atoms with E-state index >= 15 is 0 Å². The van der Waals surface area contributed by atoms with Crippen LogP contribution in [0, 0.1) is 25.2 Å². The minimum Gasteiger partial charge on any atom is -0.119 e. The Morgan fingerprint density at radius 2 is 1.88 bits per heavy atom. The van der Waals surface area contributed by atoms with Crippen LogP contribution >= 0.6 is 0 Å². The monoisotopic (exact) mass is 228 g/mol. The molecule has 0 amide bonds. The first-order valence-corrected chi connectivity index (χ1v) is 6.57. The lowest BCUT2D eigenvalue weighted by molar-refractivity contribution is 0.473. The number of rotatable bonds is 4. The van der Waals surface area contributed by atoms with Gasteiger partial charge in [-0.3, -0.25) is 0 Å². The normalized spacial score (nSPS) is 16.0. The van der Waals surface area contributed by atoms with E-state index in [0.29, 0.717) is 5.92 Å². The summed E-state index contributed by atoms with van der Waals surface area (Å²) in [4.78, 5) is 0. The van der Waals surface area contributed by atoms with Gasteiger partial charge in [0, 0.05) is 5.92 Å². The SMILES string of the molecule is C#CC(C)c1ccc(C(C)C(C)CC)cc1C. The van der Waals surface area contributed by atoms with Crippen molar-refractivity contribution < 1.29 is 0 Å². The van der Waals surface area contributed by atoms with Crippen LogP contribution < -0.4 is 0 Å². The number of terminal acetylenes is 1. The van der Waals surface area contributed by atoms with Gasteiger partial charge in [0.05, 0.1) is 0 Å². The lowest BCUT2D eigenvalue weighted by Crippen LogP contribution is -2.06. The fourth-order valence-electron chi connectivity index (χ4n) is 2.24. The third kappa shape index (κ3) is 3.13. The lowest BCUT2D eigenvalue weighted by atomic mass is 9.85. The summed E-state index contributed by atoms with van der Waals surface area (Å²) in [5.74, 6) is 4.36. The molecule has 1 aromatic carbocycles. The van der Waals surface area contributed by atoms with E-state index in [-0.39, 0.29) is 5.92 Å². The van der Waals surface area contributed by atoms with Crippen molar-refractivity contribution in [1.82, 2.24) is 0 Å². The Balaban J connectivity index is 3.01. The fraction of sp³-hybridized carbons (Fsp3) is 0.529. The minimum atomic E-state index is 0.211. The van der Waals surface area contributed by atoms with E-state index in [1.165, 1.54) is 23.1 Å². The molecule has 0 aromatic heterocycles. The number of aryl methyl sites for hydroxylation is 1. The summed E-state index contributed by atoms with van der Waals surface area (Å²) in [6, 6.07) is 6.75. The van der Waals surface area contributed by atoms with Gasteiger partial charge in [0.1, 0.15) is 0 Å². The van der Waals surface area contributed by atoms with Gasteiger partial charge in [-0.05, 0) is 42.4 Å². The second-order valence-corrected chi connectivity index (χ2v) is 5.18. The van der Waals surface area contributed by atoms with E-state index in [1.54, 1.807) is 0 Å². The zero-order valence-electron chi connectivity index (χ0n) is 11.7. The van der Waals surface area contributed by atoms with Crippen molar-refractivity contribution in [3.63, 3.8) is 0 Å². The molecule has 0 N–H and O–H groups in total. The van der Waals surface area contributed by atoms with Crippen LogP contribution in [0.3, 0.4) is 0 Å². The van der Waals surface area contributed by atoms with Crippen LogP contribution in [-0.2, 0) is 0 Å². The van der Waals surface area contributed by atoms with Crippen molar-refractivity contribution in [1.29, 1.82) is 0 Å². The highest BCUT2D eigenvalue weighted by Gasteiger charge is 2.14. The second-order valence-electron chi connectivity index (χ2n) is 5.18. The van der Waals surface area contributed by atoms with Crippen molar-refractivity contribution in [3.05, 3.63) is 34.9 Å². The van der Waals surface area contributed by atoms with E-state index < -0.39 is 0 Å². The van der Waals surface area contributed by atoms with Crippen molar-refractivity contribution in [2.45, 2.75) is 52.9 Å². The summed E-state index contributed by atoms with van der Waals surface area (Å²) < 4.78 is 0. The van der Waals surface area contributed by atoms with Gasteiger partial charge < -0.3 is 0 Å². The Hall–Kier alpha value is -1.22. The topological polar surface area (TPSA) is 0 Å². The van der Waals surface area contributed by atoms with E-state index in [4.69, 9.17) is 6.42 Å². The van der Waals surface area contributed by atoms with Crippen LogP contribution in [-0.4, -0.2) is 0 Å². The standard InChI is InChI=1S/C17H24/c1-7-12(3)15(6)16-9-10-17(13(4)8-2)14(5)11-16/h2,9-13,15H,7H2,1,3-6H3. The molecule has 0 saturated carbocycles. The molecular weight excluding hydrogens is 204 g/mol. The quantitative estimate of drug-likeness (QED) is 0.644. The van der Waals surface area contributed by atoms with Gasteiger partial charge in [0.2, 0.25) is 0 Å². The maximum Gasteiger partial charge on any atom is 0.0424 e. The van der Waals surface area contributed by atoms with Gasteiger partial charge in [-0.25, -0.2) is 0 Å². The second kappa shape index (κ2) is 5.92. The van der Waals surface area contributed by atoms with Gasteiger partial charge >= 0.3 is 0 Å². The average molecular weight is 228 g/mol. The Morgan fingerprint density at radius 3 is 2.35 bits per heavy atom. The molecule has 0 heterocycles. The highest BCUT2D eigenvalue weighted by atomic mass is 14.2. The Morgan fingerprint density at radius 1 is 1.24 bits per heavy atom. The first-order chi connectivity index (χ1) is 8.01. The molecule has 0 fully saturated rings. The first kappa shape index (κ1) is 13.8. The summed E-state index contributed by atoms with van der Waals surface area (Å²) in [6.45, 7) is 11.1. The zero-order chi connectivity index (χ0) is 13.0. The van der Waals surface area contributed by atoms with Crippen LogP contribution in [0.1, 0.15) is 62.6 Å². The van der Waals surface area contributed by atoms with Crippen molar-refractivity contribution >= 4 is 0 Å². The Kier molecular flexibility index (Phi) is 4.82. The summed E-state index contributed by atoms with van der Waals surface area (Å²) in [7, 11) is 0. The molecule has 1 rings (SSSR count). The predicted octanol–water partition coefficient (Wildman–Crippen LogP) is 4.88. The number of benzene rings is 1. The smallest absolute Gasteiger partial charge is 0.0424 e.